The molecule has 0 aliphatic heterocycles. The molecule has 0 aliphatic rings. The van der Waals surface area contributed by atoms with Crippen molar-refractivity contribution in [3.8, 4) is 0 Å². The Morgan fingerprint density at radius 2 is 2.00 bits per heavy atom. The van der Waals surface area contributed by atoms with Crippen LogP contribution < -0.4 is 16.8 Å². The van der Waals surface area contributed by atoms with Crippen molar-refractivity contribution in [1.29, 1.82) is 0 Å². The summed E-state index contributed by atoms with van der Waals surface area (Å²) in [5.41, 5.74) is 10.5. The van der Waals surface area contributed by atoms with Crippen LogP contribution in [0.5, 0.6) is 0 Å². The van der Waals surface area contributed by atoms with Crippen molar-refractivity contribution in [2.24, 2.45) is 11.5 Å². The molecular weight excluding hydrogens is 194 g/mol. The predicted molar refractivity (Wildman–Crippen MR) is 58.9 cm³/mol. The van der Waals surface area contributed by atoms with Gasteiger partial charge >= 0.3 is 0 Å². The normalized spacial score (nSPS) is 12.1. The molecular formula is C10H21N3O2. The highest BCUT2D eigenvalue weighted by Crippen LogP contribution is 1.98. The summed E-state index contributed by atoms with van der Waals surface area (Å²) in [5, 5.41) is 2.62. The monoisotopic (exact) mass is 215 g/mol. The van der Waals surface area contributed by atoms with E-state index in [9.17, 15) is 9.59 Å². The molecule has 0 spiro atoms. The Hall–Kier alpha value is -1.10. The lowest BCUT2D eigenvalue weighted by molar-refractivity contribution is -0.127. The third-order valence-corrected chi connectivity index (χ3v) is 2.13. The van der Waals surface area contributed by atoms with Crippen molar-refractivity contribution >= 4 is 11.8 Å². The summed E-state index contributed by atoms with van der Waals surface area (Å²) in [4.78, 5) is 22.3. The van der Waals surface area contributed by atoms with Crippen LogP contribution in [-0.4, -0.2) is 24.4 Å². The largest absolute Gasteiger partial charge is 0.368 e. The highest BCUT2D eigenvalue weighted by Gasteiger charge is 2.16. The fourth-order valence-corrected chi connectivity index (χ4v) is 1.21. The van der Waals surface area contributed by atoms with Gasteiger partial charge in [0, 0.05) is 6.42 Å². The standard InChI is InChI=1S/C10H21N3O2/c1-2-3-6-9(14)13-8(10(12)15)5-4-7-11/h8H,2-7,11H2,1H3,(H2,12,15)(H,13,14). The fraction of sp³-hybridized carbons (Fsp3) is 0.800. The van der Waals surface area contributed by atoms with E-state index in [4.69, 9.17) is 11.5 Å². The molecule has 0 saturated carbocycles. The Morgan fingerprint density at radius 1 is 1.33 bits per heavy atom. The van der Waals surface area contributed by atoms with E-state index >= 15 is 0 Å². The third kappa shape index (κ3) is 6.90. The van der Waals surface area contributed by atoms with Crippen LogP contribution in [0.25, 0.3) is 0 Å². The summed E-state index contributed by atoms with van der Waals surface area (Å²) in [5.74, 6) is -0.606. The Kier molecular flexibility index (Phi) is 7.62. The number of carbonyl (C=O) groups excluding carboxylic acids is 2. The van der Waals surface area contributed by atoms with Crippen molar-refractivity contribution in [3.05, 3.63) is 0 Å². The van der Waals surface area contributed by atoms with Gasteiger partial charge in [0.1, 0.15) is 6.04 Å². The fourth-order valence-electron chi connectivity index (χ4n) is 1.21. The van der Waals surface area contributed by atoms with E-state index in [1.807, 2.05) is 6.92 Å². The minimum Gasteiger partial charge on any atom is -0.368 e. The lowest BCUT2D eigenvalue weighted by Crippen LogP contribution is -2.44. The summed E-state index contributed by atoms with van der Waals surface area (Å²) in [7, 11) is 0. The minimum atomic E-state index is -0.571. The molecule has 88 valence electrons. The van der Waals surface area contributed by atoms with Gasteiger partial charge in [-0.05, 0) is 25.8 Å². The van der Waals surface area contributed by atoms with Gasteiger partial charge in [0.15, 0.2) is 0 Å². The number of hydrogen-bond donors (Lipinski definition) is 3. The van der Waals surface area contributed by atoms with Gasteiger partial charge in [0.05, 0.1) is 0 Å². The average Bonchev–Trinajstić information content (AvgIpc) is 2.20. The molecule has 0 aromatic rings. The maximum absolute atomic E-state index is 11.3. The molecule has 0 rings (SSSR count). The Bertz CT molecular complexity index is 207. The van der Waals surface area contributed by atoms with Crippen LogP contribution in [0, 0.1) is 0 Å². The molecule has 0 aromatic carbocycles. The smallest absolute Gasteiger partial charge is 0.240 e. The van der Waals surface area contributed by atoms with Gasteiger partial charge in [-0.15, -0.1) is 0 Å². The van der Waals surface area contributed by atoms with Crippen LogP contribution in [0.2, 0.25) is 0 Å². The van der Waals surface area contributed by atoms with Crippen LogP contribution in [0.1, 0.15) is 39.0 Å². The topological polar surface area (TPSA) is 98.2 Å². The van der Waals surface area contributed by atoms with Gasteiger partial charge in [-0.3, -0.25) is 9.59 Å². The van der Waals surface area contributed by atoms with E-state index in [0.29, 0.717) is 25.8 Å². The SMILES string of the molecule is CCCCC(=O)NC(CCCN)C(N)=O. The molecule has 5 heteroatoms. The average molecular weight is 215 g/mol. The zero-order chi connectivity index (χ0) is 11.7. The second-order valence-corrected chi connectivity index (χ2v) is 3.56. The second-order valence-electron chi connectivity index (χ2n) is 3.56. The van der Waals surface area contributed by atoms with Crippen LogP contribution >= 0.6 is 0 Å². The molecule has 0 aromatic heterocycles. The zero-order valence-electron chi connectivity index (χ0n) is 9.29. The van der Waals surface area contributed by atoms with Gasteiger partial charge in [-0.1, -0.05) is 13.3 Å². The first-order chi connectivity index (χ1) is 7.11. The summed E-state index contributed by atoms with van der Waals surface area (Å²) in [6.45, 7) is 2.50. The molecule has 1 atom stereocenters. The molecule has 15 heavy (non-hydrogen) atoms. The summed E-state index contributed by atoms with van der Waals surface area (Å²) < 4.78 is 0. The van der Waals surface area contributed by atoms with E-state index in [2.05, 4.69) is 5.32 Å². The predicted octanol–water partition coefficient (Wildman–Crippen LogP) is -0.114. The number of nitrogens with one attached hydrogen (secondary N) is 1. The third-order valence-electron chi connectivity index (χ3n) is 2.13. The molecule has 0 saturated heterocycles. The Balaban J connectivity index is 3.93. The van der Waals surface area contributed by atoms with E-state index in [1.54, 1.807) is 0 Å². The lowest BCUT2D eigenvalue weighted by atomic mass is 10.1. The highest BCUT2D eigenvalue weighted by atomic mass is 16.2. The molecule has 0 aliphatic carbocycles. The summed E-state index contributed by atoms with van der Waals surface area (Å²) in [6, 6.07) is -0.571. The van der Waals surface area contributed by atoms with E-state index < -0.39 is 11.9 Å². The van der Waals surface area contributed by atoms with Crippen LogP contribution in [0.15, 0.2) is 0 Å². The number of hydrogen-bond acceptors (Lipinski definition) is 3. The Labute approximate surface area is 90.6 Å². The highest BCUT2D eigenvalue weighted by molar-refractivity contribution is 5.86. The quantitative estimate of drug-likeness (QED) is 0.526. The van der Waals surface area contributed by atoms with E-state index in [-0.39, 0.29) is 5.91 Å². The van der Waals surface area contributed by atoms with E-state index in [0.717, 1.165) is 12.8 Å². The van der Waals surface area contributed by atoms with Gasteiger partial charge in [0.2, 0.25) is 11.8 Å². The molecule has 5 N–H and O–H groups in total. The van der Waals surface area contributed by atoms with Crippen molar-refractivity contribution in [2.75, 3.05) is 6.54 Å². The van der Waals surface area contributed by atoms with Gasteiger partial charge in [-0.2, -0.15) is 0 Å². The number of carbonyl (C=O) groups is 2. The molecule has 0 fully saturated rings. The molecule has 2 amide bonds. The lowest BCUT2D eigenvalue weighted by Gasteiger charge is -2.14. The maximum atomic E-state index is 11.3. The van der Waals surface area contributed by atoms with Gasteiger partial charge < -0.3 is 16.8 Å². The van der Waals surface area contributed by atoms with Gasteiger partial charge in [-0.25, -0.2) is 0 Å². The van der Waals surface area contributed by atoms with Gasteiger partial charge in [0.25, 0.3) is 0 Å². The van der Waals surface area contributed by atoms with Crippen LogP contribution in [-0.2, 0) is 9.59 Å². The number of unbranched alkanes of at least 4 members (excludes halogenated alkanes) is 1. The van der Waals surface area contributed by atoms with Crippen molar-refractivity contribution in [3.63, 3.8) is 0 Å². The van der Waals surface area contributed by atoms with Crippen LogP contribution in [0.3, 0.4) is 0 Å². The number of amides is 2. The first-order valence-electron chi connectivity index (χ1n) is 5.40. The summed E-state index contributed by atoms with van der Waals surface area (Å²) in [6.07, 6.45) is 3.43. The van der Waals surface area contributed by atoms with Crippen molar-refractivity contribution in [2.45, 2.75) is 45.1 Å². The second kappa shape index (κ2) is 8.23. The molecule has 0 bridgehead atoms. The Morgan fingerprint density at radius 3 is 2.47 bits per heavy atom. The van der Waals surface area contributed by atoms with E-state index in [1.165, 1.54) is 0 Å². The first-order valence-corrected chi connectivity index (χ1v) is 5.40. The number of nitrogens with two attached hydrogens (primary N) is 2. The summed E-state index contributed by atoms with van der Waals surface area (Å²) >= 11 is 0. The number of rotatable bonds is 8. The van der Waals surface area contributed by atoms with Crippen LogP contribution in [0.4, 0.5) is 0 Å². The molecule has 1 unspecified atom stereocenters. The maximum Gasteiger partial charge on any atom is 0.240 e. The molecule has 0 heterocycles. The minimum absolute atomic E-state index is 0.113. The number of primary amides is 1. The first kappa shape index (κ1) is 13.9. The van der Waals surface area contributed by atoms with Crippen molar-refractivity contribution < 1.29 is 9.59 Å². The molecule has 0 radical (unpaired) electrons. The zero-order valence-corrected chi connectivity index (χ0v) is 9.29. The molecule has 5 nitrogen and oxygen atoms in total. The van der Waals surface area contributed by atoms with Crippen molar-refractivity contribution in [1.82, 2.24) is 5.32 Å².